The molecule has 1 atom stereocenters. The summed E-state index contributed by atoms with van der Waals surface area (Å²) in [7, 11) is 0. The van der Waals surface area contributed by atoms with Crippen molar-refractivity contribution in [3.05, 3.63) is 76.5 Å². The quantitative estimate of drug-likeness (QED) is 0.289. The maximum Gasteiger partial charge on any atom is 0.287 e. The van der Waals surface area contributed by atoms with Crippen molar-refractivity contribution in [1.29, 1.82) is 0 Å². The minimum atomic E-state index is -0.221. The molecule has 1 aliphatic heterocycles. The summed E-state index contributed by atoms with van der Waals surface area (Å²) in [5.74, 6) is 1.56. The van der Waals surface area contributed by atoms with Gasteiger partial charge in [0.15, 0.2) is 5.76 Å². The molecule has 0 aliphatic carbocycles. The molecule has 34 heavy (non-hydrogen) atoms. The molecule has 2 aromatic heterocycles. The van der Waals surface area contributed by atoms with Gasteiger partial charge in [-0.2, -0.15) is 0 Å². The molecule has 3 heterocycles. The van der Waals surface area contributed by atoms with Gasteiger partial charge in [0.25, 0.3) is 5.91 Å². The van der Waals surface area contributed by atoms with Crippen LogP contribution in [0.5, 0.6) is 5.75 Å². The first-order valence-corrected chi connectivity index (χ1v) is 13.2. The fourth-order valence-corrected chi connectivity index (χ4v) is 5.77. The molecule has 1 aliphatic rings. The molecule has 0 spiro atoms. The van der Waals surface area contributed by atoms with E-state index < -0.39 is 0 Å². The van der Waals surface area contributed by atoms with E-state index in [0.29, 0.717) is 30.2 Å². The Morgan fingerprint density at radius 2 is 2.09 bits per heavy atom. The second kappa shape index (κ2) is 10.6. The number of para-hydroxylation sites is 1. The number of furan rings is 1. The minimum absolute atomic E-state index is 0.190. The molecule has 6 nitrogen and oxygen atoms in total. The van der Waals surface area contributed by atoms with Crippen LogP contribution in [0.4, 0.5) is 0 Å². The number of hydrogen-bond acceptors (Lipinski definition) is 7. The van der Waals surface area contributed by atoms with Gasteiger partial charge in [0.2, 0.25) is 0 Å². The summed E-state index contributed by atoms with van der Waals surface area (Å²) in [6.07, 6.45) is 2.34. The average molecular weight is 495 g/mol. The standard InChI is InChI=1S/C26H26N2O4S2/c1-17-15-33-26(28-17)34-16-22-21-6-2-3-7-23(21)32-24(22)25(29)27-13-18-8-10-19(11-9-18)31-14-20-5-4-12-30-20/h2-3,6-11,15,20H,4-5,12-14,16H2,1H3,(H,27,29). The van der Waals surface area contributed by atoms with Crippen LogP contribution in [0.15, 0.2) is 62.7 Å². The van der Waals surface area contributed by atoms with E-state index in [1.54, 1.807) is 23.1 Å². The van der Waals surface area contributed by atoms with E-state index in [9.17, 15) is 4.79 Å². The number of hydrogen-bond donors (Lipinski definition) is 1. The molecular weight excluding hydrogens is 468 g/mol. The molecule has 1 fully saturated rings. The Bertz CT molecular complexity index is 1260. The van der Waals surface area contributed by atoms with Crippen molar-refractivity contribution in [2.45, 2.75) is 42.5 Å². The lowest BCUT2D eigenvalue weighted by molar-refractivity contribution is 0.0679. The summed E-state index contributed by atoms with van der Waals surface area (Å²) in [4.78, 5) is 17.6. The van der Waals surface area contributed by atoms with Crippen molar-refractivity contribution in [2.24, 2.45) is 0 Å². The molecule has 4 aromatic rings. The summed E-state index contributed by atoms with van der Waals surface area (Å²) in [5, 5.41) is 5.99. The second-order valence-corrected chi connectivity index (χ2v) is 10.3. The number of benzene rings is 2. The van der Waals surface area contributed by atoms with E-state index in [0.717, 1.165) is 51.7 Å². The second-order valence-electron chi connectivity index (χ2n) is 8.22. The largest absolute Gasteiger partial charge is 0.491 e. The topological polar surface area (TPSA) is 73.6 Å². The van der Waals surface area contributed by atoms with E-state index in [1.165, 1.54) is 0 Å². The van der Waals surface area contributed by atoms with E-state index in [4.69, 9.17) is 13.9 Å². The predicted octanol–water partition coefficient (Wildman–Crippen LogP) is 5.98. The number of nitrogens with one attached hydrogen (secondary N) is 1. The van der Waals surface area contributed by atoms with Crippen molar-refractivity contribution >= 4 is 40.0 Å². The molecular formula is C26H26N2O4S2. The van der Waals surface area contributed by atoms with Gasteiger partial charge in [0.05, 0.1) is 6.10 Å². The van der Waals surface area contributed by atoms with Gasteiger partial charge in [-0.1, -0.05) is 42.1 Å². The van der Waals surface area contributed by atoms with Crippen LogP contribution in [-0.4, -0.2) is 30.2 Å². The number of amides is 1. The lowest BCUT2D eigenvalue weighted by Gasteiger charge is -2.12. The fraction of sp³-hybridized carbons (Fsp3) is 0.308. The number of thioether (sulfide) groups is 1. The Hall–Kier alpha value is -2.81. The molecule has 1 amide bonds. The average Bonchev–Trinajstić information content (AvgIpc) is 3.60. The Morgan fingerprint density at radius 1 is 1.24 bits per heavy atom. The summed E-state index contributed by atoms with van der Waals surface area (Å²) in [6.45, 7) is 3.78. The SMILES string of the molecule is Cc1csc(SCc2c(C(=O)NCc3ccc(OCC4CCCO4)cc3)oc3ccccc23)n1. The molecule has 176 valence electrons. The van der Waals surface area contributed by atoms with Crippen LogP contribution in [0.3, 0.4) is 0 Å². The molecule has 8 heteroatoms. The third-order valence-corrected chi connectivity index (χ3v) is 7.84. The smallest absolute Gasteiger partial charge is 0.287 e. The van der Waals surface area contributed by atoms with Gasteiger partial charge in [-0.15, -0.1) is 11.3 Å². The van der Waals surface area contributed by atoms with Crippen LogP contribution in [0.25, 0.3) is 11.0 Å². The molecule has 0 radical (unpaired) electrons. The lowest BCUT2D eigenvalue weighted by atomic mass is 10.1. The molecule has 1 saturated heterocycles. The highest BCUT2D eigenvalue weighted by Crippen LogP contribution is 2.33. The van der Waals surface area contributed by atoms with Gasteiger partial charge < -0.3 is 19.2 Å². The van der Waals surface area contributed by atoms with E-state index in [-0.39, 0.29) is 12.0 Å². The number of aromatic nitrogens is 1. The van der Waals surface area contributed by atoms with Crippen molar-refractivity contribution in [1.82, 2.24) is 10.3 Å². The zero-order valence-electron chi connectivity index (χ0n) is 18.9. The van der Waals surface area contributed by atoms with E-state index in [2.05, 4.69) is 10.3 Å². The van der Waals surface area contributed by atoms with Crippen LogP contribution in [-0.2, 0) is 17.0 Å². The predicted molar refractivity (Wildman–Crippen MR) is 135 cm³/mol. The molecule has 0 saturated carbocycles. The van der Waals surface area contributed by atoms with Gasteiger partial charge in [-0.25, -0.2) is 4.98 Å². The monoisotopic (exact) mass is 494 g/mol. The van der Waals surface area contributed by atoms with Crippen LogP contribution in [0.1, 0.15) is 40.2 Å². The number of fused-ring (bicyclic) bond motifs is 1. The van der Waals surface area contributed by atoms with E-state index in [1.807, 2.05) is 60.8 Å². The summed E-state index contributed by atoms with van der Waals surface area (Å²) in [5.41, 5.74) is 3.60. The van der Waals surface area contributed by atoms with Gasteiger partial charge in [-0.05, 0) is 43.5 Å². The van der Waals surface area contributed by atoms with Gasteiger partial charge in [0.1, 0.15) is 22.3 Å². The highest BCUT2D eigenvalue weighted by molar-refractivity contribution is 8.00. The van der Waals surface area contributed by atoms with Crippen LogP contribution in [0.2, 0.25) is 0 Å². The summed E-state index contributed by atoms with van der Waals surface area (Å²) >= 11 is 3.23. The van der Waals surface area contributed by atoms with Gasteiger partial charge >= 0.3 is 0 Å². The third-order valence-electron chi connectivity index (χ3n) is 5.68. The number of ether oxygens (including phenoxy) is 2. The Kier molecular flexibility index (Phi) is 7.18. The Labute approximate surface area is 206 Å². The summed E-state index contributed by atoms with van der Waals surface area (Å²) in [6, 6.07) is 15.5. The van der Waals surface area contributed by atoms with Gasteiger partial charge in [0, 0.05) is 40.9 Å². The molecule has 1 N–H and O–H groups in total. The number of nitrogens with zero attached hydrogens (tertiary/aromatic N) is 1. The normalized spacial score (nSPS) is 15.6. The maximum absolute atomic E-state index is 13.1. The van der Waals surface area contributed by atoms with Crippen molar-refractivity contribution in [2.75, 3.05) is 13.2 Å². The van der Waals surface area contributed by atoms with E-state index >= 15 is 0 Å². The minimum Gasteiger partial charge on any atom is -0.491 e. The lowest BCUT2D eigenvalue weighted by Crippen LogP contribution is -2.23. The molecule has 0 bridgehead atoms. The van der Waals surface area contributed by atoms with Gasteiger partial charge in [-0.3, -0.25) is 4.79 Å². The first-order valence-electron chi connectivity index (χ1n) is 11.3. The van der Waals surface area contributed by atoms with Crippen molar-refractivity contribution in [3.8, 4) is 5.75 Å². The van der Waals surface area contributed by atoms with Crippen LogP contribution >= 0.6 is 23.1 Å². The molecule has 2 aromatic carbocycles. The first-order chi connectivity index (χ1) is 16.7. The number of carbonyl (C=O) groups is 1. The number of thiazole rings is 1. The zero-order chi connectivity index (χ0) is 23.3. The highest BCUT2D eigenvalue weighted by Gasteiger charge is 2.21. The highest BCUT2D eigenvalue weighted by atomic mass is 32.2. The zero-order valence-corrected chi connectivity index (χ0v) is 20.5. The maximum atomic E-state index is 13.1. The summed E-state index contributed by atoms with van der Waals surface area (Å²) < 4.78 is 18.4. The Balaban J connectivity index is 1.23. The fourth-order valence-electron chi connectivity index (χ4n) is 3.89. The van der Waals surface area contributed by atoms with Crippen LogP contribution in [0, 0.1) is 6.92 Å². The third kappa shape index (κ3) is 5.46. The van der Waals surface area contributed by atoms with Crippen LogP contribution < -0.4 is 10.1 Å². The first kappa shape index (κ1) is 23.0. The van der Waals surface area contributed by atoms with Crippen molar-refractivity contribution in [3.63, 3.8) is 0 Å². The Morgan fingerprint density at radius 3 is 2.85 bits per heavy atom. The number of aryl methyl sites for hydroxylation is 1. The number of carbonyl (C=O) groups excluding carboxylic acids is 1. The number of rotatable bonds is 9. The molecule has 5 rings (SSSR count). The molecule has 1 unspecified atom stereocenters. The van der Waals surface area contributed by atoms with Crippen molar-refractivity contribution < 1.29 is 18.7 Å².